The highest BCUT2D eigenvalue weighted by molar-refractivity contribution is 5.47. The molecule has 2 aromatic heterocycles. The van der Waals surface area contributed by atoms with E-state index in [2.05, 4.69) is 20.4 Å². The van der Waals surface area contributed by atoms with Crippen LogP contribution in [0, 0.1) is 5.82 Å². The number of halogens is 7. The number of aromatic nitrogens is 4. The summed E-state index contributed by atoms with van der Waals surface area (Å²) in [6.45, 7) is -0.190. The molecular weight excluding hydrogens is 411 g/mol. The van der Waals surface area contributed by atoms with Crippen LogP contribution in [0.3, 0.4) is 0 Å². The topological polar surface area (TPSA) is 64.3 Å². The number of ether oxygens (including phenoxy) is 1. The van der Waals surface area contributed by atoms with Crippen molar-refractivity contribution in [2.24, 2.45) is 0 Å². The first-order valence-electron chi connectivity index (χ1n) is 7.91. The van der Waals surface area contributed by atoms with Crippen molar-refractivity contribution in [3.63, 3.8) is 0 Å². The van der Waals surface area contributed by atoms with E-state index in [4.69, 9.17) is 4.74 Å². The fourth-order valence-corrected chi connectivity index (χ4v) is 2.60. The lowest BCUT2D eigenvalue weighted by molar-refractivity contribution is -0.141. The molecule has 1 N–H and O–H groups in total. The van der Waals surface area contributed by atoms with Crippen molar-refractivity contribution in [1.29, 1.82) is 0 Å². The molecule has 29 heavy (non-hydrogen) atoms. The Balaban J connectivity index is 2.02. The summed E-state index contributed by atoms with van der Waals surface area (Å²) >= 11 is 0. The minimum atomic E-state index is -4.88. The van der Waals surface area contributed by atoms with Crippen molar-refractivity contribution >= 4 is 11.6 Å². The van der Waals surface area contributed by atoms with E-state index >= 15 is 0 Å². The van der Waals surface area contributed by atoms with Crippen LogP contribution in [0.25, 0.3) is 5.78 Å². The lowest BCUT2D eigenvalue weighted by Gasteiger charge is -2.21. The van der Waals surface area contributed by atoms with Crippen LogP contribution in [0.5, 0.6) is 0 Å². The monoisotopic (exact) mass is 423 g/mol. The standard InChI is InChI=1S/C16H12F7N5O/c1-29-6-11(8-2-3-9(10(17)4-8)15(18,19)20)26-13-5-12(16(21,22)23)27-14-24-7-25-28(13)14/h2-5,7,11,26H,6H2,1H3/t11-/m1/s1. The summed E-state index contributed by atoms with van der Waals surface area (Å²) in [7, 11) is 1.27. The maximum absolute atomic E-state index is 13.9. The van der Waals surface area contributed by atoms with Crippen LogP contribution in [0.4, 0.5) is 36.6 Å². The average Bonchev–Trinajstić information content (AvgIpc) is 3.08. The number of fused-ring (bicyclic) bond motifs is 1. The first-order chi connectivity index (χ1) is 13.5. The van der Waals surface area contributed by atoms with E-state index in [1.165, 1.54) is 7.11 Å². The third-order valence-corrected chi connectivity index (χ3v) is 3.90. The van der Waals surface area contributed by atoms with Crippen LogP contribution in [-0.2, 0) is 17.1 Å². The van der Waals surface area contributed by atoms with Crippen LogP contribution in [0.2, 0.25) is 0 Å². The van der Waals surface area contributed by atoms with E-state index < -0.39 is 35.5 Å². The number of nitrogens with one attached hydrogen (secondary N) is 1. The Hall–Kier alpha value is -2.96. The maximum atomic E-state index is 13.9. The molecule has 1 atom stereocenters. The molecule has 0 radical (unpaired) electrons. The highest BCUT2D eigenvalue weighted by Crippen LogP contribution is 2.34. The molecule has 2 heterocycles. The zero-order valence-corrected chi connectivity index (χ0v) is 14.5. The normalized spacial score (nSPS) is 13.7. The first kappa shape index (κ1) is 20.8. The lowest BCUT2D eigenvalue weighted by atomic mass is 10.0. The molecule has 13 heteroatoms. The van der Waals surface area contributed by atoms with Crippen LogP contribution in [-0.4, -0.2) is 33.3 Å². The maximum Gasteiger partial charge on any atom is 0.433 e. The van der Waals surface area contributed by atoms with Crippen molar-refractivity contribution in [2.45, 2.75) is 18.4 Å². The molecule has 0 aliphatic rings. The highest BCUT2D eigenvalue weighted by Gasteiger charge is 2.35. The molecule has 156 valence electrons. The summed E-state index contributed by atoms with van der Waals surface area (Å²) in [6.07, 6.45) is -8.68. The van der Waals surface area contributed by atoms with Gasteiger partial charge >= 0.3 is 12.4 Å². The Kier molecular flexibility index (Phi) is 5.34. The summed E-state index contributed by atoms with van der Waals surface area (Å²) in [5.41, 5.74) is -2.69. The minimum absolute atomic E-state index is 0.0241. The van der Waals surface area contributed by atoms with Gasteiger partial charge in [0, 0.05) is 13.2 Å². The smallest absolute Gasteiger partial charge is 0.382 e. The van der Waals surface area contributed by atoms with Crippen LogP contribution in [0.1, 0.15) is 22.9 Å². The predicted molar refractivity (Wildman–Crippen MR) is 85.4 cm³/mol. The van der Waals surface area contributed by atoms with E-state index in [0.29, 0.717) is 18.2 Å². The number of hydrogen-bond donors (Lipinski definition) is 1. The van der Waals surface area contributed by atoms with Gasteiger partial charge in [0.05, 0.1) is 18.2 Å². The molecule has 0 spiro atoms. The van der Waals surface area contributed by atoms with Crippen molar-refractivity contribution in [2.75, 3.05) is 19.0 Å². The van der Waals surface area contributed by atoms with Crippen molar-refractivity contribution in [3.8, 4) is 0 Å². The predicted octanol–water partition coefficient (Wildman–Crippen LogP) is 4.10. The molecule has 0 amide bonds. The van der Waals surface area contributed by atoms with Gasteiger partial charge in [0.2, 0.25) is 0 Å². The number of nitrogens with zero attached hydrogens (tertiary/aromatic N) is 4. The molecule has 3 aromatic rings. The fraction of sp³-hybridized carbons (Fsp3) is 0.312. The number of anilines is 1. The SMILES string of the molecule is COC[C@@H](Nc1cc(C(F)(F)F)nc2ncnn12)c1ccc(C(F)(F)F)c(F)c1. The Bertz CT molecular complexity index is 1020. The van der Waals surface area contributed by atoms with Gasteiger partial charge in [0.15, 0.2) is 5.69 Å². The molecule has 6 nitrogen and oxygen atoms in total. The Morgan fingerprint density at radius 3 is 2.41 bits per heavy atom. The van der Waals surface area contributed by atoms with Crippen molar-refractivity contribution in [3.05, 3.63) is 53.2 Å². The molecule has 0 bridgehead atoms. The summed E-state index contributed by atoms with van der Waals surface area (Å²) in [5, 5.41) is 6.43. The summed E-state index contributed by atoms with van der Waals surface area (Å²) < 4.78 is 97.4. The zero-order valence-electron chi connectivity index (χ0n) is 14.5. The second kappa shape index (κ2) is 7.46. The van der Waals surface area contributed by atoms with Gasteiger partial charge in [0.1, 0.15) is 18.0 Å². The van der Waals surface area contributed by atoms with Gasteiger partial charge in [-0.1, -0.05) is 6.07 Å². The number of benzene rings is 1. The highest BCUT2D eigenvalue weighted by atomic mass is 19.4. The quantitative estimate of drug-likeness (QED) is 0.626. The van der Waals surface area contributed by atoms with Gasteiger partial charge in [-0.25, -0.2) is 9.37 Å². The molecule has 0 aliphatic heterocycles. The van der Waals surface area contributed by atoms with Gasteiger partial charge in [-0.05, 0) is 17.7 Å². The van der Waals surface area contributed by atoms with E-state index in [-0.39, 0.29) is 23.8 Å². The molecule has 0 fully saturated rings. The number of alkyl halides is 6. The number of methoxy groups -OCH3 is 1. The number of rotatable bonds is 5. The largest absolute Gasteiger partial charge is 0.433 e. The van der Waals surface area contributed by atoms with E-state index in [0.717, 1.165) is 16.9 Å². The first-order valence-corrected chi connectivity index (χ1v) is 7.91. The van der Waals surface area contributed by atoms with Gasteiger partial charge < -0.3 is 10.1 Å². The Labute approximate surface area is 158 Å². The molecule has 0 saturated heterocycles. The molecule has 3 rings (SSSR count). The minimum Gasteiger partial charge on any atom is -0.382 e. The van der Waals surface area contributed by atoms with Crippen LogP contribution in [0.15, 0.2) is 30.6 Å². The van der Waals surface area contributed by atoms with E-state index in [1.807, 2.05) is 0 Å². The van der Waals surface area contributed by atoms with Gasteiger partial charge in [0.25, 0.3) is 5.78 Å². The van der Waals surface area contributed by atoms with E-state index in [1.54, 1.807) is 0 Å². The average molecular weight is 423 g/mol. The molecule has 0 aliphatic carbocycles. The van der Waals surface area contributed by atoms with Gasteiger partial charge in [-0.15, -0.1) is 0 Å². The third kappa shape index (κ3) is 4.39. The summed E-state index contributed by atoms with van der Waals surface area (Å²) in [4.78, 5) is 6.97. The van der Waals surface area contributed by atoms with Crippen molar-refractivity contribution in [1.82, 2.24) is 19.6 Å². The second-order valence-corrected chi connectivity index (χ2v) is 5.89. The lowest BCUT2D eigenvalue weighted by Crippen LogP contribution is -2.20. The van der Waals surface area contributed by atoms with Gasteiger partial charge in [-0.2, -0.15) is 40.9 Å². The molecular formula is C16H12F7N5O. The molecule has 0 saturated carbocycles. The number of hydrogen-bond acceptors (Lipinski definition) is 5. The van der Waals surface area contributed by atoms with Crippen LogP contribution >= 0.6 is 0 Å². The fourth-order valence-electron chi connectivity index (χ4n) is 2.60. The Morgan fingerprint density at radius 1 is 1.10 bits per heavy atom. The van der Waals surface area contributed by atoms with Crippen molar-refractivity contribution < 1.29 is 35.5 Å². The molecule has 0 unspecified atom stereocenters. The summed E-state index contributed by atoms with van der Waals surface area (Å²) in [5.74, 6) is -2.08. The third-order valence-electron chi connectivity index (χ3n) is 3.90. The molecule has 1 aromatic carbocycles. The second-order valence-electron chi connectivity index (χ2n) is 5.89. The van der Waals surface area contributed by atoms with Crippen LogP contribution < -0.4 is 5.32 Å². The summed E-state index contributed by atoms with van der Waals surface area (Å²) in [6, 6.07) is 1.86. The zero-order chi connectivity index (χ0) is 21.4. The Morgan fingerprint density at radius 2 is 1.83 bits per heavy atom. The van der Waals surface area contributed by atoms with E-state index in [9.17, 15) is 30.7 Å². The van der Waals surface area contributed by atoms with Gasteiger partial charge in [-0.3, -0.25) is 0 Å².